The van der Waals surface area contributed by atoms with Crippen molar-refractivity contribution in [1.82, 2.24) is 0 Å². The first kappa shape index (κ1) is 12.1. The molecule has 5 heteroatoms. The van der Waals surface area contributed by atoms with E-state index in [0.717, 1.165) is 0 Å². The molecule has 0 bridgehead atoms. The van der Waals surface area contributed by atoms with Crippen molar-refractivity contribution in [3.8, 4) is 0 Å². The molecule has 0 fully saturated rings. The van der Waals surface area contributed by atoms with Crippen LogP contribution in [0.1, 0.15) is 13.3 Å². The molecule has 3 N–H and O–H groups in total. The number of anilines is 1. The largest absolute Gasteiger partial charge is 0.325 e. The van der Waals surface area contributed by atoms with E-state index in [-0.39, 0.29) is 11.7 Å². The van der Waals surface area contributed by atoms with E-state index < -0.39 is 6.04 Å². The number of nitrogens with two attached hydrogens (primary N) is 1. The van der Waals surface area contributed by atoms with Gasteiger partial charge in [-0.1, -0.05) is 6.92 Å². The number of halogens is 2. The van der Waals surface area contributed by atoms with Crippen LogP contribution in [0.4, 0.5) is 10.1 Å². The summed E-state index contributed by atoms with van der Waals surface area (Å²) in [6, 6.07) is 3.72. The summed E-state index contributed by atoms with van der Waals surface area (Å²) in [5, 5.41) is 2.60. The van der Waals surface area contributed by atoms with Crippen LogP contribution in [0.2, 0.25) is 0 Å². The van der Waals surface area contributed by atoms with Crippen LogP contribution >= 0.6 is 15.9 Å². The van der Waals surface area contributed by atoms with Gasteiger partial charge in [-0.3, -0.25) is 4.79 Å². The lowest BCUT2D eigenvalue weighted by atomic mass is 10.2. The van der Waals surface area contributed by atoms with Gasteiger partial charge in [0.05, 0.1) is 10.5 Å². The van der Waals surface area contributed by atoms with Gasteiger partial charge in [0, 0.05) is 5.69 Å². The minimum atomic E-state index is -0.533. The van der Waals surface area contributed by atoms with E-state index in [4.69, 9.17) is 5.73 Å². The molecule has 1 aromatic rings. The van der Waals surface area contributed by atoms with E-state index in [1.807, 2.05) is 6.92 Å². The van der Waals surface area contributed by atoms with Gasteiger partial charge < -0.3 is 11.1 Å². The van der Waals surface area contributed by atoms with Crippen molar-refractivity contribution in [1.29, 1.82) is 0 Å². The maximum Gasteiger partial charge on any atom is 0.241 e. The Morgan fingerprint density at radius 2 is 2.33 bits per heavy atom. The molecule has 0 aliphatic carbocycles. The number of benzene rings is 1. The molecule has 0 aliphatic rings. The van der Waals surface area contributed by atoms with Crippen molar-refractivity contribution < 1.29 is 9.18 Å². The number of hydrogen-bond donors (Lipinski definition) is 2. The molecule has 1 aromatic carbocycles. The molecule has 0 aliphatic heterocycles. The molecule has 0 unspecified atom stereocenters. The van der Waals surface area contributed by atoms with Crippen molar-refractivity contribution in [2.75, 3.05) is 5.32 Å². The number of hydrogen-bond acceptors (Lipinski definition) is 2. The fraction of sp³-hybridized carbons (Fsp3) is 0.300. The summed E-state index contributed by atoms with van der Waals surface area (Å²) in [4.78, 5) is 11.4. The van der Waals surface area contributed by atoms with Crippen LogP contribution in [-0.4, -0.2) is 11.9 Å². The standard InChI is InChI=1S/C10H12BrFN2O/c1-2-9(13)10(15)14-6-3-4-8(12)7(11)5-6/h3-5,9H,2,13H2,1H3,(H,14,15)/t9-/m1/s1. The van der Waals surface area contributed by atoms with Crippen LogP contribution < -0.4 is 11.1 Å². The number of rotatable bonds is 3. The van der Waals surface area contributed by atoms with Gasteiger partial charge in [0.15, 0.2) is 0 Å². The lowest BCUT2D eigenvalue weighted by molar-refractivity contribution is -0.117. The molecular weight excluding hydrogens is 263 g/mol. The summed E-state index contributed by atoms with van der Waals surface area (Å²) in [7, 11) is 0. The fourth-order valence-corrected chi connectivity index (χ4v) is 1.37. The third-order valence-electron chi connectivity index (χ3n) is 1.96. The molecule has 0 spiro atoms. The van der Waals surface area contributed by atoms with Crippen LogP contribution in [0.5, 0.6) is 0 Å². The Morgan fingerprint density at radius 1 is 1.67 bits per heavy atom. The molecule has 0 aromatic heterocycles. The Kier molecular flexibility index (Phi) is 4.23. The summed E-state index contributed by atoms with van der Waals surface area (Å²) in [5.41, 5.74) is 6.06. The average molecular weight is 275 g/mol. The second-order valence-electron chi connectivity index (χ2n) is 3.13. The van der Waals surface area contributed by atoms with Gasteiger partial charge in [-0.05, 0) is 40.5 Å². The molecule has 1 amide bonds. The van der Waals surface area contributed by atoms with E-state index in [1.165, 1.54) is 18.2 Å². The van der Waals surface area contributed by atoms with E-state index in [1.54, 1.807) is 0 Å². The molecule has 15 heavy (non-hydrogen) atoms. The van der Waals surface area contributed by atoms with E-state index in [2.05, 4.69) is 21.2 Å². The van der Waals surface area contributed by atoms with Crippen molar-refractivity contribution in [3.63, 3.8) is 0 Å². The van der Waals surface area contributed by atoms with Gasteiger partial charge in [0.1, 0.15) is 5.82 Å². The third-order valence-corrected chi connectivity index (χ3v) is 2.57. The van der Waals surface area contributed by atoms with Crippen molar-refractivity contribution in [2.24, 2.45) is 5.73 Å². The first-order valence-corrected chi connectivity index (χ1v) is 5.35. The second-order valence-corrected chi connectivity index (χ2v) is 3.99. The predicted octanol–water partition coefficient (Wildman–Crippen LogP) is 2.26. The highest BCUT2D eigenvalue weighted by Gasteiger charge is 2.11. The molecule has 82 valence electrons. The van der Waals surface area contributed by atoms with Gasteiger partial charge in [-0.15, -0.1) is 0 Å². The summed E-state index contributed by atoms with van der Waals surface area (Å²) in [5.74, 6) is -0.635. The van der Waals surface area contributed by atoms with Crippen LogP contribution in [0.25, 0.3) is 0 Å². The zero-order chi connectivity index (χ0) is 11.4. The smallest absolute Gasteiger partial charge is 0.241 e. The number of carbonyl (C=O) groups excluding carboxylic acids is 1. The lowest BCUT2D eigenvalue weighted by Crippen LogP contribution is -2.34. The van der Waals surface area contributed by atoms with Crippen LogP contribution in [0.3, 0.4) is 0 Å². The third kappa shape index (κ3) is 3.28. The van der Waals surface area contributed by atoms with Gasteiger partial charge in [0.2, 0.25) is 5.91 Å². The lowest BCUT2D eigenvalue weighted by Gasteiger charge is -2.10. The summed E-state index contributed by atoms with van der Waals surface area (Å²) >= 11 is 3.03. The Morgan fingerprint density at radius 3 is 2.87 bits per heavy atom. The predicted molar refractivity (Wildman–Crippen MR) is 61.0 cm³/mol. The highest BCUT2D eigenvalue weighted by atomic mass is 79.9. The maximum atomic E-state index is 12.9. The zero-order valence-electron chi connectivity index (χ0n) is 8.26. The van der Waals surface area contributed by atoms with Gasteiger partial charge in [0.25, 0.3) is 0 Å². The molecule has 0 saturated carbocycles. The molecule has 0 saturated heterocycles. The fourth-order valence-electron chi connectivity index (χ4n) is 0.994. The van der Waals surface area contributed by atoms with Crippen molar-refractivity contribution in [2.45, 2.75) is 19.4 Å². The van der Waals surface area contributed by atoms with Crippen LogP contribution in [-0.2, 0) is 4.79 Å². The van der Waals surface area contributed by atoms with Crippen molar-refractivity contribution in [3.05, 3.63) is 28.5 Å². The molecule has 3 nitrogen and oxygen atoms in total. The quantitative estimate of drug-likeness (QED) is 0.889. The Balaban J connectivity index is 2.73. The zero-order valence-corrected chi connectivity index (χ0v) is 9.84. The summed E-state index contributed by atoms with van der Waals surface area (Å²) in [6.45, 7) is 1.82. The highest BCUT2D eigenvalue weighted by molar-refractivity contribution is 9.10. The normalized spacial score (nSPS) is 12.3. The molecule has 1 atom stereocenters. The first-order chi connectivity index (χ1) is 7.04. The highest BCUT2D eigenvalue weighted by Crippen LogP contribution is 2.20. The summed E-state index contributed by atoms with van der Waals surface area (Å²) < 4.78 is 13.2. The minimum Gasteiger partial charge on any atom is -0.325 e. The monoisotopic (exact) mass is 274 g/mol. The molecule has 1 rings (SSSR count). The Hall–Kier alpha value is -0.940. The number of carbonyl (C=O) groups is 1. The van der Waals surface area contributed by atoms with Crippen molar-refractivity contribution >= 4 is 27.5 Å². The van der Waals surface area contributed by atoms with Gasteiger partial charge in [-0.2, -0.15) is 0 Å². The van der Waals surface area contributed by atoms with Crippen LogP contribution in [0.15, 0.2) is 22.7 Å². The molecule has 0 radical (unpaired) electrons. The summed E-state index contributed by atoms with van der Waals surface area (Å²) in [6.07, 6.45) is 0.564. The van der Waals surface area contributed by atoms with E-state index >= 15 is 0 Å². The average Bonchev–Trinajstić information content (AvgIpc) is 2.22. The van der Waals surface area contributed by atoms with E-state index in [9.17, 15) is 9.18 Å². The maximum absolute atomic E-state index is 12.9. The topological polar surface area (TPSA) is 55.1 Å². The minimum absolute atomic E-state index is 0.268. The van der Waals surface area contributed by atoms with E-state index in [0.29, 0.717) is 16.6 Å². The van der Waals surface area contributed by atoms with Gasteiger partial charge >= 0.3 is 0 Å². The van der Waals surface area contributed by atoms with Crippen LogP contribution in [0, 0.1) is 5.82 Å². The first-order valence-electron chi connectivity index (χ1n) is 4.56. The Labute approximate surface area is 96.0 Å². The molecular formula is C10H12BrFN2O. The SMILES string of the molecule is CC[C@@H](N)C(=O)Nc1ccc(F)c(Br)c1. The molecule has 0 heterocycles. The van der Waals surface area contributed by atoms with Gasteiger partial charge in [-0.25, -0.2) is 4.39 Å². The number of amides is 1. The Bertz CT molecular complexity index is 370. The number of nitrogens with one attached hydrogen (secondary N) is 1. The second kappa shape index (κ2) is 5.23.